The summed E-state index contributed by atoms with van der Waals surface area (Å²) in [4.78, 5) is 5.19. The minimum Gasteiger partial charge on any atom is -0.387 e. The quantitative estimate of drug-likeness (QED) is 0.631. The first-order valence-corrected chi connectivity index (χ1v) is 6.18. The number of hydroxylamine groups is 1. The van der Waals surface area contributed by atoms with Crippen LogP contribution in [-0.4, -0.2) is 11.7 Å². The van der Waals surface area contributed by atoms with E-state index in [4.69, 9.17) is 4.84 Å². The summed E-state index contributed by atoms with van der Waals surface area (Å²) in [5.41, 5.74) is 3.88. The van der Waals surface area contributed by atoms with E-state index in [1.54, 1.807) is 0 Å². The summed E-state index contributed by atoms with van der Waals surface area (Å²) in [6.45, 7) is 0.434. The van der Waals surface area contributed by atoms with E-state index in [9.17, 15) is 13.9 Å². The Morgan fingerprint density at radius 2 is 1.80 bits per heavy atom. The number of hydrogen-bond donors (Lipinski definition) is 2. The number of aliphatic hydroxyl groups is 1. The van der Waals surface area contributed by atoms with Crippen molar-refractivity contribution in [1.82, 2.24) is 5.48 Å². The van der Waals surface area contributed by atoms with Crippen LogP contribution in [0.15, 0.2) is 48.5 Å². The van der Waals surface area contributed by atoms with Crippen LogP contribution < -0.4 is 5.48 Å². The third-order valence-corrected chi connectivity index (χ3v) is 2.79. The Morgan fingerprint density at radius 3 is 2.50 bits per heavy atom. The third kappa shape index (κ3) is 4.09. The van der Waals surface area contributed by atoms with Gasteiger partial charge in [0, 0.05) is 0 Å². The van der Waals surface area contributed by atoms with Gasteiger partial charge in [-0.15, -0.1) is 0 Å². The molecule has 2 aromatic rings. The van der Waals surface area contributed by atoms with Crippen molar-refractivity contribution in [3.8, 4) is 0 Å². The van der Waals surface area contributed by atoms with E-state index in [0.29, 0.717) is 12.2 Å². The number of aliphatic hydroxyl groups excluding tert-OH is 1. The number of hydrogen-bond acceptors (Lipinski definition) is 3. The van der Waals surface area contributed by atoms with Gasteiger partial charge in [0.15, 0.2) is 11.6 Å². The average molecular weight is 279 g/mol. The zero-order chi connectivity index (χ0) is 14.4. The molecule has 1 unspecified atom stereocenters. The third-order valence-electron chi connectivity index (χ3n) is 2.79. The fourth-order valence-electron chi connectivity index (χ4n) is 1.68. The molecule has 0 aliphatic rings. The predicted octanol–water partition coefficient (Wildman–Crippen LogP) is 2.72. The molecule has 1 atom stereocenters. The van der Waals surface area contributed by atoms with Gasteiger partial charge in [-0.25, -0.2) is 8.78 Å². The maximum atomic E-state index is 13.0. The molecule has 2 N–H and O–H groups in total. The van der Waals surface area contributed by atoms with Crippen LogP contribution in [0.5, 0.6) is 0 Å². The molecule has 2 aromatic carbocycles. The van der Waals surface area contributed by atoms with Crippen molar-refractivity contribution in [1.29, 1.82) is 0 Å². The topological polar surface area (TPSA) is 41.5 Å². The summed E-state index contributed by atoms with van der Waals surface area (Å²) >= 11 is 0. The Bertz CT molecular complexity index is 549. The van der Waals surface area contributed by atoms with E-state index in [0.717, 1.165) is 17.7 Å². The molecule has 106 valence electrons. The highest BCUT2D eigenvalue weighted by atomic mass is 19.2. The highest BCUT2D eigenvalue weighted by Gasteiger charge is 2.10. The van der Waals surface area contributed by atoms with Crippen molar-refractivity contribution in [3.05, 3.63) is 71.3 Å². The van der Waals surface area contributed by atoms with Crippen molar-refractivity contribution in [2.75, 3.05) is 6.54 Å². The monoisotopic (exact) mass is 279 g/mol. The number of benzene rings is 2. The van der Waals surface area contributed by atoms with Crippen LogP contribution in [0.3, 0.4) is 0 Å². The van der Waals surface area contributed by atoms with Crippen LogP contribution in [-0.2, 0) is 11.4 Å². The lowest BCUT2D eigenvalue weighted by molar-refractivity contribution is 0.00263. The lowest BCUT2D eigenvalue weighted by Gasteiger charge is -2.12. The van der Waals surface area contributed by atoms with Gasteiger partial charge in [0.2, 0.25) is 0 Å². The maximum Gasteiger partial charge on any atom is 0.159 e. The second-order valence-electron chi connectivity index (χ2n) is 4.31. The van der Waals surface area contributed by atoms with Crippen LogP contribution in [0.1, 0.15) is 17.2 Å². The Labute approximate surface area is 115 Å². The summed E-state index contributed by atoms with van der Waals surface area (Å²) in [6.07, 6.45) is -0.971. The van der Waals surface area contributed by atoms with Gasteiger partial charge in [0.1, 0.15) is 0 Å². The van der Waals surface area contributed by atoms with E-state index in [1.165, 1.54) is 6.07 Å². The van der Waals surface area contributed by atoms with Gasteiger partial charge >= 0.3 is 0 Å². The molecular formula is C15H15F2NO2. The van der Waals surface area contributed by atoms with Gasteiger partial charge in [-0.1, -0.05) is 36.4 Å². The summed E-state index contributed by atoms with van der Waals surface area (Å²) in [7, 11) is 0. The summed E-state index contributed by atoms with van der Waals surface area (Å²) < 4.78 is 25.8. The van der Waals surface area contributed by atoms with Gasteiger partial charge < -0.3 is 5.11 Å². The molecule has 0 amide bonds. The fourth-order valence-corrected chi connectivity index (χ4v) is 1.68. The molecule has 0 heterocycles. The lowest BCUT2D eigenvalue weighted by Crippen LogP contribution is -2.21. The molecule has 0 radical (unpaired) electrons. The molecule has 0 bridgehead atoms. The molecule has 0 saturated heterocycles. The van der Waals surface area contributed by atoms with Gasteiger partial charge in [0.25, 0.3) is 0 Å². The summed E-state index contributed by atoms with van der Waals surface area (Å²) in [5, 5.41) is 9.80. The van der Waals surface area contributed by atoms with Crippen molar-refractivity contribution in [2.24, 2.45) is 0 Å². The molecule has 0 saturated carbocycles. The van der Waals surface area contributed by atoms with Gasteiger partial charge in [-0.05, 0) is 23.3 Å². The fraction of sp³-hybridized carbons (Fsp3) is 0.200. The summed E-state index contributed by atoms with van der Waals surface area (Å²) in [6, 6.07) is 12.8. The van der Waals surface area contributed by atoms with Crippen molar-refractivity contribution in [2.45, 2.75) is 12.7 Å². The molecule has 0 aliphatic carbocycles. The lowest BCUT2D eigenvalue weighted by atomic mass is 10.1. The van der Waals surface area contributed by atoms with E-state index in [2.05, 4.69) is 5.48 Å². The molecule has 0 spiro atoms. The second-order valence-corrected chi connectivity index (χ2v) is 4.31. The molecule has 5 heteroatoms. The minimum absolute atomic E-state index is 0.0813. The van der Waals surface area contributed by atoms with Crippen LogP contribution in [0.4, 0.5) is 8.78 Å². The average Bonchev–Trinajstić information content (AvgIpc) is 2.47. The van der Waals surface area contributed by atoms with Crippen LogP contribution in [0, 0.1) is 11.6 Å². The SMILES string of the molecule is OC(CNOCc1ccccc1)c1ccc(F)c(F)c1. The van der Waals surface area contributed by atoms with Crippen LogP contribution in [0.2, 0.25) is 0 Å². The molecule has 20 heavy (non-hydrogen) atoms. The first-order valence-electron chi connectivity index (χ1n) is 6.18. The first-order chi connectivity index (χ1) is 9.66. The minimum atomic E-state index is -0.980. The zero-order valence-electron chi connectivity index (χ0n) is 10.7. The van der Waals surface area contributed by atoms with Gasteiger partial charge in [-0.2, -0.15) is 5.48 Å². The van der Waals surface area contributed by atoms with Crippen LogP contribution in [0.25, 0.3) is 0 Å². The van der Waals surface area contributed by atoms with E-state index >= 15 is 0 Å². The molecule has 0 fully saturated rings. The van der Waals surface area contributed by atoms with Crippen molar-refractivity contribution < 1.29 is 18.7 Å². The highest BCUT2D eigenvalue weighted by Crippen LogP contribution is 2.15. The Balaban J connectivity index is 1.77. The molecule has 0 aromatic heterocycles. The number of nitrogens with one attached hydrogen (secondary N) is 1. The van der Waals surface area contributed by atoms with Gasteiger partial charge in [0.05, 0.1) is 19.3 Å². The largest absolute Gasteiger partial charge is 0.387 e. The normalized spacial score (nSPS) is 12.3. The predicted molar refractivity (Wildman–Crippen MR) is 70.6 cm³/mol. The smallest absolute Gasteiger partial charge is 0.159 e. The Morgan fingerprint density at radius 1 is 1.05 bits per heavy atom. The van der Waals surface area contributed by atoms with Crippen molar-refractivity contribution >= 4 is 0 Å². The van der Waals surface area contributed by atoms with Gasteiger partial charge in [-0.3, -0.25) is 4.84 Å². The Kier molecular flexibility index (Phi) is 5.17. The molecular weight excluding hydrogens is 264 g/mol. The van der Waals surface area contributed by atoms with E-state index < -0.39 is 17.7 Å². The number of halogens is 2. The Hall–Kier alpha value is -1.82. The highest BCUT2D eigenvalue weighted by molar-refractivity contribution is 5.20. The van der Waals surface area contributed by atoms with E-state index in [-0.39, 0.29) is 6.54 Å². The second kappa shape index (κ2) is 7.09. The number of rotatable bonds is 6. The molecule has 3 nitrogen and oxygen atoms in total. The standard InChI is InChI=1S/C15H15F2NO2/c16-13-7-6-12(8-14(13)17)15(19)9-18-20-10-11-4-2-1-3-5-11/h1-8,15,18-19H,9-10H2. The zero-order valence-corrected chi connectivity index (χ0v) is 10.7. The van der Waals surface area contributed by atoms with Crippen molar-refractivity contribution in [3.63, 3.8) is 0 Å². The molecule has 2 rings (SSSR count). The van der Waals surface area contributed by atoms with Crippen LogP contribution >= 0.6 is 0 Å². The maximum absolute atomic E-state index is 13.0. The summed E-state index contributed by atoms with van der Waals surface area (Å²) in [5.74, 6) is -1.92. The van der Waals surface area contributed by atoms with E-state index in [1.807, 2.05) is 30.3 Å². The first kappa shape index (κ1) is 14.6. The molecule has 0 aliphatic heterocycles.